The van der Waals surface area contributed by atoms with Gasteiger partial charge in [-0.2, -0.15) is 0 Å². The number of rotatable bonds is 7. The molecule has 0 saturated carbocycles. The van der Waals surface area contributed by atoms with Crippen molar-refractivity contribution in [3.05, 3.63) is 12.2 Å². The minimum atomic E-state index is -0.461. The Morgan fingerprint density at radius 2 is 2.31 bits per heavy atom. The maximum Gasteiger partial charge on any atom is 0.293 e. The van der Waals surface area contributed by atoms with Crippen molar-refractivity contribution < 1.29 is 14.3 Å². The Bertz CT molecular complexity index is 192. The van der Waals surface area contributed by atoms with E-state index in [0.29, 0.717) is 26.2 Å². The Hall–Kier alpha value is -1.36. The van der Waals surface area contributed by atoms with E-state index in [1.54, 1.807) is 6.08 Å². The molecule has 0 rings (SSSR count). The van der Waals surface area contributed by atoms with E-state index in [1.807, 2.05) is 11.9 Å². The quantitative estimate of drug-likeness (QED) is 0.319. The Morgan fingerprint density at radius 1 is 1.62 bits per heavy atom. The van der Waals surface area contributed by atoms with Crippen molar-refractivity contribution in [2.24, 2.45) is 5.73 Å². The second kappa shape index (κ2) is 7.30. The molecular weight excluding hydrogens is 172 g/mol. The van der Waals surface area contributed by atoms with Crippen LogP contribution in [0.3, 0.4) is 0 Å². The number of ether oxygens (including phenoxy) is 1. The van der Waals surface area contributed by atoms with Crippen molar-refractivity contribution in [3.63, 3.8) is 0 Å². The number of likely N-dealkylation sites (N-methyl/N-ethyl adjacent to an activating group) is 1. The predicted molar refractivity (Wildman–Crippen MR) is 47.8 cm³/mol. The van der Waals surface area contributed by atoms with Crippen LogP contribution in [0.5, 0.6) is 0 Å². The number of hydrogen-bond donors (Lipinski definition) is 1. The highest BCUT2D eigenvalue weighted by Crippen LogP contribution is 1.83. The first-order valence-electron chi connectivity index (χ1n) is 3.86. The molecule has 0 heterocycles. The first kappa shape index (κ1) is 11.6. The Morgan fingerprint density at radius 3 is 2.85 bits per heavy atom. The second-order valence-corrected chi connectivity index (χ2v) is 2.53. The maximum atomic E-state index is 10.3. The Kier molecular flexibility index (Phi) is 6.53. The SMILES string of the molecule is CN(C/C=C/C(N)=O)CCOC=O. The smallest absolute Gasteiger partial charge is 0.293 e. The number of nitrogens with zero attached hydrogens (tertiary/aromatic N) is 1. The fourth-order valence-electron chi connectivity index (χ4n) is 0.697. The normalized spacial score (nSPS) is 10.6. The van der Waals surface area contributed by atoms with E-state index in [4.69, 9.17) is 5.73 Å². The van der Waals surface area contributed by atoms with Crippen molar-refractivity contribution in [2.45, 2.75) is 0 Å². The zero-order chi connectivity index (χ0) is 10.1. The van der Waals surface area contributed by atoms with Gasteiger partial charge in [0.25, 0.3) is 6.47 Å². The largest absolute Gasteiger partial charge is 0.467 e. The summed E-state index contributed by atoms with van der Waals surface area (Å²) in [7, 11) is 1.85. The summed E-state index contributed by atoms with van der Waals surface area (Å²) in [6.07, 6.45) is 2.96. The third-order valence-corrected chi connectivity index (χ3v) is 1.36. The van der Waals surface area contributed by atoms with Gasteiger partial charge in [-0.05, 0) is 13.1 Å². The number of carbonyl (C=O) groups excluding carboxylic acids is 2. The van der Waals surface area contributed by atoms with Crippen molar-refractivity contribution in [1.82, 2.24) is 4.90 Å². The lowest BCUT2D eigenvalue weighted by atomic mass is 10.4. The van der Waals surface area contributed by atoms with Gasteiger partial charge in [0.2, 0.25) is 5.91 Å². The van der Waals surface area contributed by atoms with Gasteiger partial charge in [0.15, 0.2) is 0 Å². The molecule has 1 amide bonds. The topological polar surface area (TPSA) is 72.6 Å². The van der Waals surface area contributed by atoms with Crippen LogP contribution in [0, 0.1) is 0 Å². The number of primary amides is 1. The van der Waals surface area contributed by atoms with E-state index in [9.17, 15) is 9.59 Å². The standard InChI is InChI=1S/C8H14N2O3/c1-10(5-6-13-7-11)4-2-3-8(9)12/h2-3,7H,4-6H2,1H3,(H2,9,12)/b3-2+. The number of carbonyl (C=O) groups is 2. The number of hydrogen-bond acceptors (Lipinski definition) is 4. The minimum absolute atomic E-state index is 0.352. The van der Waals surface area contributed by atoms with Gasteiger partial charge in [0.1, 0.15) is 6.61 Å². The first-order valence-corrected chi connectivity index (χ1v) is 3.86. The van der Waals surface area contributed by atoms with Gasteiger partial charge in [-0.3, -0.25) is 14.5 Å². The third-order valence-electron chi connectivity index (χ3n) is 1.36. The Labute approximate surface area is 77.1 Å². The summed E-state index contributed by atoms with van der Waals surface area (Å²) in [6, 6.07) is 0. The van der Waals surface area contributed by atoms with E-state index in [1.165, 1.54) is 6.08 Å². The highest BCUT2D eigenvalue weighted by Gasteiger charge is 1.94. The molecule has 0 aliphatic heterocycles. The lowest BCUT2D eigenvalue weighted by molar-refractivity contribution is -0.129. The maximum absolute atomic E-state index is 10.3. The van der Waals surface area contributed by atoms with Crippen LogP contribution in [0.4, 0.5) is 0 Å². The third kappa shape index (κ3) is 8.55. The van der Waals surface area contributed by atoms with Gasteiger partial charge in [0, 0.05) is 13.1 Å². The van der Waals surface area contributed by atoms with E-state index >= 15 is 0 Å². The molecule has 5 nitrogen and oxygen atoms in total. The molecule has 0 aromatic carbocycles. The fraction of sp³-hybridized carbons (Fsp3) is 0.500. The first-order chi connectivity index (χ1) is 6.16. The van der Waals surface area contributed by atoms with E-state index in [-0.39, 0.29) is 0 Å². The molecule has 2 N–H and O–H groups in total. The van der Waals surface area contributed by atoms with Crippen LogP contribution >= 0.6 is 0 Å². The molecule has 0 aromatic heterocycles. The molecule has 0 fully saturated rings. The summed E-state index contributed by atoms with van der Waals surface area (Å²) in [4.78, 5) is 22.0. The van der Waals surface area contributed by atoms with Gasteiger partial charge in [-0.1, -0.05) is 6.08 Å². The minimum Gasteiger partial charge on any atom is -0.467 e. The van der Waals surface area contributed by atoms with Crippen molar-refractivity contribution >= 4 is 12.4 Å². The number of amides is 1. The fourth-order valence-corrected chi connectivity index (χ4v) is 0.697. The van der Waals surface area contributed by atoms with Gasteiger partial charge in [-0.15, -0.1) is 0 Å². The molecule has 0 aromatic rings. The van der Waals surface area contributed by atoms with Crippen LogP contribution in [0.25, 0.3) is 0 Å². The predicted octanol–water partition coefficient (Wildman–Crippen LogP) is -0.867. The van der Waals surface area contributed by atoms with Crippen LogP contribution in [-0.2, 0) is 14.3 Å². The highest BCUT2D eigenvalue weighted by atomic mass is 16.5. The highest BCUT2D eigenvalue weighted by molar-refractivity contribution is 5.85. The van der Waals surface area contributed by atoms with Crippen LogP contribution in [0.1, 0.15) is 0 Å². The molecule has 0 radical (unpaired) electrons. The molecule has 0 atom stereocenters. The molecule has 0 spiro atoms. The van der Waals surface area contributed by atoms with Gasteiger partial charge in [-0.25, -0.2) is 0 Å². The Balaban J connectivity index is 3.44. The average molecular weight is 186 g/mol. The van der Waals surface area contributed by atoms with Crippen LogP contribution in [0.15, 0.2) is 12.2 Å². The summed E-state index contributed by atoms with van der Waals surface area (Å²) >= 11 is 0. The van der Waals surface area contributed by atoms with Gasteiger partial charge >= 0.3 is 0 Å². The monoisotopic (exact) mass is 186 g/mol. The summed E-state index contributed by atoms with van der Waals surface area (Å²) in [5.41, 5.74) is 4.89. The molecule has 5 heteroatoms. The van der Waals surface area contributed by atoms with Gasteiger partial charge < -0.3 is 10.5 Å². The van der Waals surface area contributed by atoms with Crippen molar-refractivity contribution in [2.75, 3.05) is 26.7 Å². The van der Waals surface area contributed by atoms with Crippen LogP contribution in [-0.4, -0.2) is 44.0 Å². The van der Waals surface area contributed by atoms with E-state index < -0.39 is 5.91 Å². The number of nitrogens with two attached hydrogens (primary N) is 1. The zero-order valence-corrected chi connectivity index (χ0v) is 7.60. The average Bonchev–Trinajstić information content (AvgIpc) is 2.04. The second-order valence-electron chi connectivity index (χ2n) is 2.53. The molecule has 74 valence electrons. The molecule has 0 saturated heterocycles. The van der Waals surface area contributed by atoms with Crippen molar-refractivity contribution in [1.29, 1.82) is 0 Å². The van der Waals surface area contributed by atoms with E-state index in [0.717, 1.165) is 0 Å². The zero-order valence-electron chi connectivity index (χ0n) is 7.60. The molecule has 0 bridgehead atoms. The van der Waals surface area contributed by atoms with Crippen molar-refractivity contribution in [3.8, 4) is 0 Å². The van der Waals surface area contributed by atoms with Crippen LogP contribution < -0.4 is 5.73 Å². The molecule has 13 heavy (non-hydrogen) atoms. The molecule has 0 aliphatic rings. The molecule has 0 aliphatic carbocycles. The lowest BCUT2D eigenvalue weighted by Crippen LogP contribution is -2.23. The van der Waals surface area contributed by atoms with E-state index in [2.05, 4.69) is 4.74 Å². The lowest BCUT2D eigenvalue weighted by Gasteiger charge is -2.12. The summed E-state index contributed by atoms with van der Waals surface area (Å²) in [5.74, 6) is -0.461. The summed E-state index contributed by atoms with van der Waals surface area (Å²) < 4.78 is 4.49. The summed E-state index contributed by atoms with van der Waals surface area (Å²) in [5, 5.41) is 0. The van der Waals surface area contributed by atoms with Gasteiger partial charge in [0.05, 0.1) is 0 Å². The van der Waals surface area contributed by atoms with Crippen LogP contribution in [0.2, 0.25) is 0 Å². The summed E-state index contributed by atoms with van der Waals surface area (Å²) in [6.45, 7) is 1.99. The molecule has 0 unspecified atom stereocenters. The molecular formula is C8H14N2O3.